The summed E-state index contributed by atoms with van der Waals surface area (Å²) in [6.07, 6.45) is 8.88. The van der Waals surface area contributed by atoms with Crippen LogP contribution < -0.4 is 10.2 Å². The predicted molar refractivity (Wildman–Crippen MR) is 82.8 cm³/mol. The summed E-state index contributed by atoms with van der Waals surface area (Å²) in [5.41, 5.74) is 0.501. The molecule has 0 unspecified atom stereocenters. The van der Waals surface area contributed by atoms with Gasteiger partial charge in [-0.25, -0.2) is 9.97 Å². The van der Waals surface area contributed by atoms with Crippen LogP contribution in [0.4, 0.5) is 5.95 Å². The molecule has 6 heteroatoms. The number of furan rings is 1. The predicted octanol–water partition coefficient (Wildman–Crippen LogP) is 2.03. The van der Waals surface area contributed by atoms with E-state index in [-0.39, 0.29) is 5.91 Å². The molecular weight excluding hydrogens is 280 g/mol. The molecule has 116 valence electrons. The summed E-state index contributed by atoms with van der Waals surface area (Å²) in [5.74, 6) is 1.52. The zero-order valence-electron chi connectivity index (χ0n) is 12.5. The van der Waals surface area contributed by atoms with E-state index in [1.54, 1.807) is 18.7 Å². The first kappa shape index (κ1) is 14.6. The highest BCUT2D eigenvalue weighted by Gasteiger charge is 2.15. The fraction of sp³-hybridized carbons (Fsp3) is 0.438. The van der Waals surface area contributed by atoms with Crippen LogP contribution in [0.25, 0.3) is 0 Å². The van der Waals surface area contributed by atoms with E-state index in [1.165, 1.54) is 12.8 Å². The van der Waals surface area contributed by atoms with E-state index in [0.717, 1.165) is 31.7 Å². The van der Waals surface area contributed by atoms with Gasteiger partial charge >= 0.3 is 0 Å². The molecule has 0 aliphatic carbocycles. The van der Waals surface area contributed by atoms with Crippen molar-refractivity contribution in [2.45, 2.75) is 25.7 Å². The highest BCUT2D eigenvalue weighted by atomic mass is 16.3. The van der Waals surface area contributed by atoms with E-state index in [2.05, 4.69) is 20.2 Å². The number of aryl methyl sites for hydroxylation is 1. The van der Waals surface area contributed by atoms with Crippen LogP contribution in [0.2, 0.25) is 0 Å². The molecular formula is C16H20N4O2. The van der Waals surface area contributed by atoms with Crippen molar-refractivity contribution < 1.29 is 9.21 Å². The number of amides is 1. The molecule has 1 N–H and O–H groups in total. The normalized spacial score (nSPS) is 14.3. The summed E-state index contributed by atoms with van der Waals surface area (Å²) in [6.45, 7) is 2.60. The third-order valence-electron chi connectivity index (χ3n) is 3.75. The van der Waals surface area contributed by atoms with E-state index in [1.807, 2.05) is 12.1 Å². The molecule has 0 radical (unpaired) electrons. The molecule has 6 nitrogen and oxygen atoms in total. The molecule has 22 heavy (non-hydrogen) atoms. The fourth-order valence-electron chi connectivity index (χ4n) is 2.54. The zero-order chi connectivity index (χ0) is 15.2. The summed E-state index contributed by atoms with van der Waals surface area (Å²) < 4.78 is 5.25. The topological polar surface area (TPSA) is 71.3 Å². The number of nitrogens with zero attached hydrogens (tertiary/aromatic N) is 3. The number of nitrogens with one attached hydrogen (secondary N) is 1. The third-order valence-corrected chi connectivity index (χ3v) is 3.75. The van der Waals surface area contributed by atoms with Gasteiger partial charge in [-0.2, -0.15) is 0 Å². The number of hydrogen-bond donors (Lipinski definition) is 1. The highest BCUT2D eigenvalue weighted by molar-refractivity contribution is 5.93. The maximum absolute atomic E-state index is 12.0. The average Bonchev–Trinajstić information content (AvgIpc) is 3.25. The number of hydrogen-bond acceptors (Lipinski definition) is 5. The number of carbonyl (C=O) groups excluding carboxylic acids is 1. The third kappa shape index (κ3) is 3.63. The van der Waals surface area contributed by atoms with Crippen LogP contribution in [0.5, 0.6) is 0 Å². The lowest BCUT2D eigenvalue weighted by molar-refractivity contribution is 0.0952. The van der Waals surface area contributed by atoms with Crippen LogP contribution in [-0.2, 0) is 6.42 Å². The van der Waals surface area contributed by atoms with Gasteiger partial charge < -0.3 is 14.6 Å². The van der Waals surface area contributed by atoms with Crippen molar-refractivity contribution in [1.29, 1.82) is 0 Å². The SMILES string of the molecule is O=C(NCCCc1ccco1)c1cnc(N2CCCC2)nc1. The Morgan fingerprint density at radius 3 is 2.73 bits per heavy atom. The molecule has 3 rings (SSSR count). The first-order valence-corrected chi connectivity index (χ1v) is 7.70. The Morgan fingerprint density at radius 2 is 2.05 bits per heavy atom. The maximum Gasteiger partial charge on any atom is 0.254 e. The van der Waals surface area contributed by atoms with Crippen molar-refractivity contribution in [1.82, 2.24) is 15.3 Å². The Morgan fingerprint density at radius 1 is 1.27 bits per heavy atom. The number of carbonyl (C=O) groups is 1. The van der Waals surface area contributed by atoms with Gasteiger partial charge in [-0.15, -0.1) is 0 Å². The molecule has 1 saturated heterocycles. The van der Waals surface area contributed by atoms with Gasteiger partial charge in [-0.3, -0.25) is 4.79 Å². The van der Waals surface area contributed by atoms with Gasteiger partial charge in [0.1, 0.15) is 5.76 Å². The van der Waals surface area contributed by atoms with Crippen molar-refractivity contribution in [3.63, 3.8) is 0 Å². The summed E-state index contributed by atoms with van der Waals surface area (Å²) >= 11 is 0. The Bertz CT molecular complexity index is 589. The van der Waals surface area contributed by atoms with Crippen molar-refractivity contribution in [2.24, 2.45) is 0 Å². The minimum absolute atomic E-state index is 0.132. The second-order valence-corrected chi connectivity index (χ2v) is 5.40. The van der Waals surface area contributed by atoms with Crippen molar-refractivity contribution >= 4 is 11.9 Å². The summed E-state index contributed by atoms with van der Waals surface area (Å²) in [4.78, 5) is 22.7. The monoisotopic (exact) mass is 300 g/mol. The van der Waals surface area contributed by atoms with Gasteiger partial charge in [0.05, 0.1) is 11.8 Å². The lowest BCUT2D eigenvalue weighted by Gasteiger charge is -2.14. The van der Waals surface area contributed by atoms with E-state index < -0.39 is 0 Å². The van der Waals surface area contributed by atoms with Crippen LogP contribution >= 0.6 is 0 Å². The molecule has 0 saturated carbocycles. The smallest absolute Gasteiger partial charge is 0.254 e. The first-order valence-electron chi connectivity index (χ1n) is 7.70. The molecule has 0 spiro atoms. The molecule has 0 bridgehead atoms. The van der Waals surface area contributed by atoms with Crippen LogP contribution in [0.1, 0.15) is 35.4 Å². The van der Waals surface area contributed by atoms with Gasteiger partial charge in [0.25, 0.3) is 5.91 Å². The molecule has 0 atom stereocenters. The van der Waals surface area contributed by atoms with Crippen LogP contribution in [0.3, 0.4) is 0 Å². The summed E-state index contributed by atoms with van der Waals surface area (Å²) in [7, 11) is 0. The van der Waals surface area contributed by atoms with E-state index in [9.17, 15) is 4.79 Å². The quantitative estimate of drug-likeness (QED) is 0.827. The van der Waals surface area contributed by atoms with Gasteiger partial charge in [0.2, 0.25) is 5.95 Å². The van der Waals surface area contributed by atoms with E-state index >= 15 is 0 Å². The lowest BCUT2D eigenvalue weighted by Crippen LogP contribution is -2.26. The largest absolute Gasteiger partial charge is 0.469 e. The van der Waals surface area contributed by atoms with Crippen LogP contribution in [0, 0.1) is 0 Å². The fourth-order valence-corrected chi connectivity index (χ4v) is 2.54. The van der Waals surface area contributed by atoms with Gasteiger partial charge in [-0.05, 0) is 31.4 Å². The van der Waals surface area contributed by atoms with Crippen molar-refractivity contribution in [2.75, 3.05) is 24.5 Å². The van der Waals surface area contributed by atoms with Gasteiger partial charge in [-0.1, -0.05) is 0 Å². The number of rotatable bonds is 6. The lowest BCUT2D eigenvalue weighted by atomic mass is 10.2. The molecule has 0 aromatic carbocycles. The zero-order valence-corrected chi connectivity index (χ0v) is 12.5. The van der Waals surface area contributed by atoms with Crippen molar-refractivity contribution in [3.05, 3.63) is 42.1 Å². The van der Waals surface area contributed by atoms with Crippen LogP contribution in [-0.4, -0.2) is 35.5 Å². The minimum Gasteiger partial charge on any atom is -0.469 e. The Kier molecular flexibility index (Phi) is 4.68. The first-order chi connectivity index (χ1) is 10.8. The Labute approximate surface area is 129 Å². The standard InChI is InChI=1S/C16H20N4O2/c21-15(17-7-3-5-14-6-4-10-22-14)13-11-18-16(19-12-13)20-8-1-2-9-20/h4,6,10-12H,1-3,5,7-9H2,(H,17,21). The number of aromatic nitrogens is 2. The molecule has 1 aliphatic heterocycles. The second kappa shape index (κ2) is 7.06. The highest BCUT2D eigenvalue weighted by Crippen LogP contribution is 2.14. The van der Waals surface area contributed by atoms with Gasteiger partial charge in [0.15, 0.2) is 0 Å². The molecule has 1 aliphatic rings. The summed E-state index contributed by atoms with van der Waals surface area (Å²) in [5, 5.41) is 2.88. The van der Waals surface area contributed by atoms with Crippen molar-refractivity contribution in [3.8, 4) is 0 Å². The van der Waals surface area contributed by atoms with E-state index in [4.69, 9.17) is 4.42 Å². The molecule has 1 amide bonds. The van der Waals surface area contributed by atoms with Gasteiger partial charge in [0, 0.05) is 38.4 Å². The molecule has 3 heterocycles. The summed E-state index contributed by atoms with van der Waals surface area (Å²) in [6, 6.07) is 3.81. The minimum atomic E-state index is -0.132. The van der Waals surface area contributed by atoms with E-state index in [0.29, 0.717) is 18.1 Å². The Balaban J connectivity index is 1.45. The molecule has 1 fully saturated rings. The average molecular weight is 300 g/mol. The number of anilines is 1. The van der Waals surface area contributed by atoms with Crippen LogP contribution in [0.15, 0.2) is 35.2 Å². The second-order valence-electron chi connectivity index (χ2n) is 5.40. The maximum atomic E-state index is 12.0. The Hall–Kier alpha value is -2.37. The molecule has 2 aromatic heterocycles. The molecule has 2 aromatic rings.